The third-order valence-corrected chi connectivity index (χ3v) is 4.18. The van der Waals surface area contributed by atoms with Crippen molar-refractivity contribution in [2.45, 2.75) is 45.1 Å². The second-order valence-electron chi connectivity index (χ2n) is 5.79. The summed E-state index contributed by atoms with van der Waals surface area (Å²) in [6.45, 7) is 2.05. The van der Waals surface area contributed by atoms with Gasteiger partial charge < -0.3 is 10.6 Å². The molecular weight excluding hydrogens is 252 g/mol. The van der Waals surface area contributed by atoms with Gasteiger partial charge in [-0.15, -0.1) is 0 Å². The topological polar surface area (TPSA) is 58.2 Å². The van der Waals surface area contributed by atoms with Gasteiger partial charge >= 0.3 is 0 Å². The number of carbonyl (C=O) groups is 2. The van der Waals surface area contributed by atoms with Crippen LogP contribution in [0.2, 0.25) is 0 Å². The summed E-state index contributed by atoms with van der Waals surface area (Å²) in [5.41, 5.74) is 1.11. The third-order valence-electron chi connectivity index (χ3n) is 4.18. The fourth-order valence-electron chi connectivity index (χ4n) is 2.43. The molecule has 2 aliphatic carbocycles. The van der Waals surface area contributed by atoms with E-state index in [1.165, 1.54) is 0 Å². The van der Waals surface area contributed by atoms with Crippen LogP contribution in [-0.2, 0) is 16.0 Å². The monoisotopic (exact) mass is 272 g/mol. The first-order chi connectivity index (χ1) is 9.65. The molecule has 2 fully saturated rings. The quantitative estimate of drug-likeness (QED) is 0.808. The molecule has 0 spiro atoms. The second-order valence-corrected chi connectivity index (χ2v) is 5.79. The molecule has 0 aromatic heterocycles. The molecule has 2 saturated carbocycles. The smallest absolute Gasteiger partial charge is 0.240 e. The number of para-hydroxylation sites is 1. The summed E-state index contributed by atoms with van der Waals surface area (Å²) in [5.74, 6) is -0.247. The Morgan fingerprint density at radius 1 is 1.20 bits per heavy atom. The number of hydrogen-bond donors (Lipinski definition) is 2. The maximum atomic E-state index is 12.4. The van der Waals surface area contributed by atoms with Crippen LogP contribution in [0, 0.1) is 5.41 Å². The van der Waals surface area contributed by atoms with Gasteiger partial charge in [0, 0.05) is 11.7 Å². The van der Waals surface area contributed by atoms with Gasteiger partial charge in [0.25, 0.3) is 0 Å². The summed E-state index contributed by atoms with van der Waals surface area (Å²) in [4.78, 5) is 24.6. The minimum atomic E-state index is -0.816. The lowest BCUT2D eigenvalue weighted by atomic mass is 10.0. The van der Waals surface area contributed by atoms with Crippen molar-refractivity contribution < 1.29 is 9.59 Å². The van der Waals surface area contributed by atoms with Gasteiger partial charge in [-0.25, -0.2) is 0 Å². The number of aryl methyl sites for hydroxylation is 1. The molecule has 4 nitrogen and oxygen atoms in total. The van der Waals surface area contributed by atoms with Gasteiger partial charge in [-0.1, -0.05) is 25.1 Å². The number of hydrogen-bond acceptors (Lipinski definition) is 2. The lowest BCUT2D eigenvalue weighted by Crippen LogP contribution is -2.41. The summed E-state index contributed by atoms with van der Waals surface area (Å²) >= 11 is 0. The van der Waals surface area contributed by atoms with E-state index in [0.29, 0.717) is 18.9 Å². The fraction of sp³-hybridized carbons (Fsp3) is 0.500. The van der Waals surface area contributed by atoms with Gasteiger partial charge in [0.05, 0.1) is 0 Å². The average Bonchev–Trinajstić information content (AvgIpc) is 3.33. The van der Waals surface area contributed by atoms with E-state index in [0.717, 1.165) is 30.5 Å². The minimum absolute atomic E-state index is 0.0912. The van der Waals surface area contributed by atoms with Crippen LogP contribution in [0.15, 0.2) is 24.3 Å². The van der Waals surface area contributed by atoms with E-state index < -0.39 is 5.41 Å². The van der Waals surface area contributed by atoms with Crippen molar-refractivity contribution in [2.75, 3.05) is 5.32 Å². The Morgan fingerprint density at radius 3 is 2.50 bits per heavy atom. The van der Waals surface area contributed by atoms with Crippen LogP contribution in [0.3, 0.4) is 0 Å². The molecule has 0 radical (unpaired) electrons. The van der Waals surface area contributed by atoms with Crippen LogP contribution < -0.4 is 10.6 Å². The van der Waals surface area contributed by atoms with E-state index >= 15 is 0 Å². The molecule has 2 aliphatic rings. The number of anilines is 1. The summed E-state index contributed by atoms with van der Waals surface area (Å²) in [5, 5.41) is 5.89. The highest BCUT2D eigenvalue weighted by Gasteiger charge is 2.57. The number of benzene rings is 1. The summed E-state index contributed by atoms with van der Waals surface area (Å²) in [7, 11) is 0. The molecule has 0 heterocycles. The van der Waals surface area contributed by atoms with Crippen LogP contribution in [-0.4, -0.2) is 17.9 Å². The molecule has 0 atom stereocenters. The van der Waals surface area contributed by atoms with E-state index in [9.17, 15) is 9.59 Å². The highest BCUT2D eigenvalue weighted by molar-refractivity contribution is 6.13. The first-order valence-electron chi connectivity index (χ1n) is 7.36. The van der Waals surface area contributed by atoms with Gasteiger partial charge in [0.1, 0.15) is 5.41 Å². The molecule has 0 bridgehead atoms. The number of nitrogens with one attached hydrogen (secondary N) is 2. The normalized spacial score (nSPS) is 19.2. The van der Waals surface area contributed by atoms with E-state index in [4.69, 9.17) is 0 Å². The Balaban J connectivity index is 1.70. The van der Waals surface area contributed by atoms with Gasteiger partial charge in [0.2, 0.25) is 11.8 Å². The van der Waals surface area contributed by atoms with E-state index in [1.54, 1.807) is 0 Å². The Hall–Kier alpha value is -1.84. The zero-order valence-corrected chi connectivity index (χ0v) is 11.7. The van der Waals surface area contributed by atoms with Crippen molar-refractivity contribution in [3.63, 3.8) is 0 Å². The maximum absolute atomic E-state index is 12.4. The molecule has 0 saturated heterocycles. The zero-order chi connectivity index (χ0) is 14.2. The Morgan fingerprint density at radius 2 is 1.90 bits per heavy atom. The van der Waals surface area contributed by atoms with Gasteiger partial charge in [0.15, 0.2) is 0 Å². The molecule has 2 amide bonds. The van der Waals surface area contributed by atoms with Crippen molar-refractivity contribution in [3.05, 3.63) is 29.8 Å². The van der Waals surface area contributed by atoms with Gasteiger partial charge in [-0.3, -0.25) is 9.59 Å². The second kappa shape index (κ2) is 4.93. The van der Waals surface area contributed by atoms with Gasteiger partial charge in [-0.2, -0.15) is 0 Å². The molecule has 4 heteroatoms. The average molecular weight is 272 g/mol. The summed E-state index contributed by atoms with van der Waals surface area (Å²) < 4.78 is 0. The van der Waals surface area contributed by atoms with E-state index in [-0.39, 0.29) is 11.8 Å². The van der Waals surface area contributed by atoms with Crippen molar-refractivity contribution >= 4 is 17.5 Å². The standard InChI is InChI=1S/C16H20N2O2/c1-2-11-5-3-4-6-13(11)18-15(20)16(9-10-16)14(19)17-12-7-8-12/h3-6,12H,2,7-10H2,1H3,(H,17,19)(H,18,20). The van der Waals surface area contributed by atoms with Gasteiger partial charge in [-0.05, 0) is 43.7 Å². The first-order valence-corrected chi connectivity index (χ1v) is 7.36. The predicted molar refractivity (Wildman–Crippen MR) is 77.3 cm³/mol. The van der Waals surface area contributed by atoms with Crippen LogP contribution >= 0.6 is 0 Å². The van der Waals surface area contributed by atoms with Crippen molar-refractivity contribution in [1.29, 1.82) is 0 Å². The molecule has 3 rings (SSSR count). The molecular formula is C16H20N2O2. The zero-order valence-electron chi connectivity index (χ0n) is 11.7. The highest BCUT2D eigenvalue weighted by Crippen LogP contribution is 2.47. The molecule has 0 aliphatic heterocycles. The minimum Gasteiger partial charge on any atom is -0.352 e. The molecule has 2 N–H and O–H groups in total. The fourth-order valence-corrected chi connectivity index (χ4v) is 2.43. The van der Waals surface area contributed by atoms with E-state index in [2.05, 4.69) is 17.6 Å². The SMILES string of the molecule is CCc1ccccc1NC(=O)C1(C(=O)NC2CC2)CC1. The molecule has 1 aromatic rings. The lowest BCUT2D eigenvalue weighted by Gasteiger charge is -2.16. The highest BCUT2D eigenvalue weighted by atomic mass is 16.2. The van der Waals surface area contributed by atoms with Crippen LogP contribution in [0.4, 0.5) is 5.69 Å². The number of carbonyl (C=O) groups excluding carboxylic acids is 2. The maximum Gasteiger partial charge on any atom is 0.240 e. The Labute approximate surface area is 118 Å². The summed E-state index contributed by atoms with van der Waals surface area (Å²) in [6.07, 6.45) is 4.26. The van der Waals surface area contributed by atoms with Crippen molar-refractivity contribution in [3.8, 4) is 0 Å². The number of rotatable bonds is 5. The largest absolute Gasteiger partial charge is 0.352 e. The molecule has 20 heavy (non-hydrogen) atoms. The third kappa shape index (κ3) is 2.42. The lowest BCUT2D eigenvalue weighted by molar-refractivity contribution is -0.134. The Kier molecular flexibility index (Phi) is 3.24. The first kappa shape index (κ1) is 13.2. The van der Waals surface area contributed by atoms with Crippen LogP contribution in [0.1, 0.15) is 38.2 Å². The predicted octanol–water partition coefficient (Wildman–Crippen LogP) is 2.25. The van der Waals surface area contributed by atoms with Crippen molar-refractivity contribution in [2.24, 2.45) is 5.41 Å². The van der Waals surface area contributed by atoms with Crippen LogP contribution in [0.5, 0.6) is 0 Å². The molecule has 106 valence electrons. The van der Waals surface area contributed by atoms with E-state index in [1.807, 2.05) is 24.3 Å². The molecule has 0 unspecified atom stereocenters. The summed E-state index contributed by atoms with van der Waals surface area (Å²) in [6, 6.07) is 8.06. The van der Waals surface area contributed by atoms with Crippen molar-refractivity contribution in [1.82, 2.24) is 5.32 Å². The van der Waals surface area contributed by atoms with Crippen LogP contribution in [0.25, 0.3) is 0 Å². The molecule has 1 aromatic carbocycles. The number of amides is 2. The Bertz CT molecular complexity index is 545.